The summed E-state index contributed by atoms with van der Waals surface area (Å²) in [5, 5.41) is 0. The van der Waals surface area contributed by atoms with Crippen LogP contribution in [-0.2, 0) is 25.7 Å². The quantitative estimate of drug-likeness (QED) is 0.519. The molecule has 5 nitrogen and oxygen atoms in total. The van der Waals surface area contributed by atoms with Crippen molar-refractivity contribution in [3.8, 4) is 5.75 Å². The molecule has 0 aliphatic heterocycles. The molecule has 1 atom stereocenters. The highest BCUT2D eigenvalue weighted by molar-refractivity contribution is 5.96. The van der Waals surface area contributed by atoms with Crippen molar-refractivity contribution < 1.29 is 23.8 Å². The van der Waals surface area contributed by atoms with Crippen LogP contribution in [0.1, 0.15) is 36.0 Å². The third kappa shape index (κ3) is 5.33. The van der Waals surface area contributed by atoms with Crippen molar-refractivity contribution in [3.63, 3.8) is 0 Å². The van der Waals surface area contributed by atoms with E-state index in [2.05, 4.69) is 6.07 Å². The minimum atomic E-state index is -0.982. The fourth-order valence-electron chi connectivity index (χ4n) is 3.12. The van der Waals surface area contributed by atoms with Crippen LogP contribution in [0.25, 0.3) is 0 Å². The van der Waals surface area contributed by atoms with Crippen LogP contribution in [0.3, 0.4) is 0 Å². The Labute approximate surface area is 160 Å². The molecule has 0 aliphatic rings. The van der Waals surface area contributed by atoms with Gasteiger partial charge in [0.15, 0.2) is 5.92 Å². The number of carbonyl (C=O) groups excluding carboxylic acids is 2. The zero-order valence-electron chi connectivity index (χ0n) is 16.2. The first-order valence-electron chi connectivity index (χ1n) is 8.94. The summed E-state index contributed by atoms with van der Waals surface area (Å²) in [6.07, 6.45) is 0.596. The van der Waals surface area contributed by atoms with Gasteiger partial charge in [-0.1, -0.05) is 48.9 Å². The van der Waals surface area contributed by atoms with Crippen molar-refractivity contribution >= 4 is 11.9 Å². The van der Waals surface area contributed by atoms with E-state index in [0.717, 1.165) is 16.9 Å². The highest BCUT2D eigenvalue weighted by Crippen LogP contribution is 2.31. The van der Waals surface area contributed by atoms with E-state index in [1.807, 2.05) is 56.3 Å². The van der Waals surface area contributed by atoms with Crippen LogP contribution >= 0.6 is 0 Å². The van der Waals surface area contributed by atoms with E-state index >= 15 is 0 Å². The van der Waals surface area contributed by atoms with Gasteiger partial charge in [0, 0.05) is 5.92 Å². The van der Waals surface area contributed by atoms with Crippen LogP contribution in [0.15, 0.2) is 48.5 Å². The molecule has 0 N–H and O–H groups in total. The van der Waals surface area contributed by atoms with Gasteiger partial charge in [0.05, 0.1) is 14.2 Å². The van der Waals surface area contributed by atoms with Gasteiger partial charge in [0.25, 0.3) is 0 Å². The summed E-state index contributed by atoms with van der Waals surface area (Å²) in [7, 11) is 2.54. The van der Waals surface area contributed by atoms with Gasteiger partial charge in [0.1, 0.15) is 12.4 Å². The molecular weight excluding hydrogens is 344 g/mol. The van der Waals surface area contributed by atoms with Gasteiger partial charge in [-0.05, 0) is 36.6 Å². The Bertz CT molecular complexity index is 751. The summed E-state index contributed by atoms with van der Waals surface area (Å²) in [6.45, 7) is 4.44. The van der Waals surface area contributed by atoms with Gasteiger partial charge in [-0.3, -0.25) is 9.59 Å². The number of rotatable bonds is 8. The lowest BCUT2D eigenvalue weighted by Gasteiger charge is -2.22. The molecule has 0 bridgehead atoms. The molecule has 0 saturated heterocycles. The van der Waals surface area contributed by atoms with E-state index in [1.165, 1.54) is 19.8 Å². The predicted molar refractivity (Wildman–Crippen MR) is 103 cm³/mol. The van der Waals surface area contributed by atoms with Crippen molar-refractivity contribution in [2.75, 3.05) is 14.2 Å². The molecule has 27 heavy (non-hydrogen) atoms. The molecule has 5 heteroatoms. The molecule has 0 aliphatic carbocycles. The van der Waals surface area contributed by atoms with Gasteiger partial charge in [-0.25, -0.2) is 0 Å². The second-order valence-corrected chi connectivity index (χ2v) is 6.39. The summed E-state index contributed by atoms with van der Waals surface area (Å²) in [4.78, 5) is 24.2. The summed E-state index contributed by atoms with van der Waals surface area (Å²) in [6, 6.07) is 15.6. The molecule has 2 aromatic rings. The third-order valence-electron chi connectivity index (χ3n) is 4.55. The Kier molecular flexibility index (Phi) is 7.41. The lowest BCUT2D eigenvalue weighted by Crippen LogP contribution is -2.32. The van der Waals surface area contributed by atoms with Crippen LogP contribution in [0.4, 0.5) is 0 Å². The summed E-state index contributed by atoms with van der Waals surface area (Å²) in [5.74, 6) is -1.76. The van der Waals surface area contributed by atoms with E-state index in [9.17, 15) is 9.59 Å². The molecule has 0 saturated carbocycles. The van der Waals surface area contributed by atoms with Gasteiger partial charge in [-0.15, -0.1) is 0 Å². The van der Waals surface area contributed by atoms with Gasteiger partial charge < -0.3 is 14.2 Å². The SMILES string of the molecule is CCC(c1ccc(OCc2cccc(C)c2)cc1)C(C(=O)OC)C(=O)OC. The number of carbonyl (C=O) groups is 2. The Morgan fingerprint density at radius 1 is 0.963 bits per heavy atom. The Morgan fingerprint density at radius 3 is 2.11 bits per heavy atom. The maximum atomic E-state index is 12.1. The summed E-state index contributed by atoms with van der Waals surface area (Å²) in [5.41, 5.74) is 3.15. The van der Waals surface area contributed by atoms with Crippen LogP contribution in [0, 0.1) is 12.8 Å². The molecule has 2 aromatic carbocycles. The standard InChI is InChI=1S/C22H26O5/c1-5-19(20(21(23)25-3)22(24)26-4)17-9-11-18(12-10-17)27-14-16-8-6-7-15(2)13-16/h6-13,19-20H,5,14H2,1-4H3. The Balaban J connectivity index is 2.13. The number of methoxy groups -OCH3 is 2. The molecule has 0 spiro atoms. The lowest BCUT2D eigenvalue weighted by atomic mass is 9.84. The monoisotopic (exact) mass is 370 g/mol. The molecular formula is C22H26O5. The number of hydrogen-bond donors (Lipinski definition) is 0. The van der Waals surface area contributed by atoms with Crippen molar-refractivity contribution in [1.29, 1.82) is 0 Å². The zero-order chi connectivity index (χ0) is 19.8. The van der Waals surface area contributed by atoms with Crippen molar-refractivity contribution in [2.24, 2.45) is 5.92 Å². The van der Waals surface area contributed by atoms with Crippen molar-refractivity contribution in [3.05, 3.63) is 65.2 Å². The molecule has 144 valence electrons. The van der Waals surface area contributed by atoms with Crippen LogP contribution in [-0.4, -0.2) is 26.2 Å². The number of ether oxygens (including phenoxy) is 3. The van der Waals surface area contributed by atoms with E-state index in [4.69, 9.17) is 14.2 Å². The predicted octanol–water partition coefficient (Wildman–Crippen LogP) is 4.03. The number of benzene rings is 2. The smallest absolute Gasteiger partial charge is 0.320 e. The topological polar surface area (TPSA) is 61.8 Å². The molecule has 2 rings (SSSR count). The molecule has 0 radical (unpaired) electrons. The van der Waals surface area contributed by atoms with Crippen LogP contribution in [0.2, 0.25) is 0 Å². The fraction of sp³-hybridized carbons (Fsp3) is 0.364. The first-order valence-corrected chi connectivity index (χ1v) is 8.94. The van der Waals surface area contributed by atoms with E-state index in [0.29, 0.717) is 13.0 Å². The minimum absolute atomic E-state index is 0.323. The maximum absolute atomic E-state index is 12.1. The van der Waals surface area contributed by atoms with Gasteiger partial charge >= 0.3 is 11.9 Å². The Morgan fingerprint density at radius 2 is 1.59 bits per heavy atom. The largest absolute Gasteiger partial charge is 0.489 e. The summed E-state index contributed by atoms with van der Waals surface area (Å²) >= 11 is 0. The third-order valence-corrected chi connectivity index (χ3v) is 4.55. The lowest BCUT2D eigenvalue weighted by molar-refractivity contribution is -0.160. The van der Waals surface area contributed by atoms with Crippen molar-refractivity contribution in [1.82, 2.24) is 0 Å². The maximum Gasteiger partial charge on any atom is 0.320 e. The molecule has 0 amide bonds. The average molecular weight is 370 g/mol. The van der Waals surface area contributed by atoms with Crippen LogP contribution in [0.5, 0.6) is 5.75 Å². The van der Waals surface area contributed by atoms with E-state index in [-0.39, 0.29) is 5.92 Å². The number of hydrogen-bond acceptors (Lipinski definition) is 5. The molecule has 0 aromatic heterocycles. The first-order chi connectivity index (χ1) is 13.0. The highest BCUT2D eigenvalue weighted by atomic mass is 16.5. The van der Waals surface area contributed by atoms with Crippen molar-refractivity contribution in [2.45, 2.75) is 32.8 Å². The highest BCUT2D eigenvalue weighted by Gasteiger charge is 2.36. The fourth-order valence-corrected chi connectivity index (χ4v) is 3.12. The van der Waals surface area contributed by atoms with Gasteiger partial charge in [-0.2, -0.15) is 0 Å². The number of aryl methyl sites for hydroxylation is 1. The van der Waals surface area contributed by atoms with E-state index in [1.54, 1.807) is 0 Å². The normalized spacial score (nSPS) is 11.7. The summed E-state index contributed by atoms with van der Waals surface area (Å²) < 4.78 is 15.4. The van der Waals surface area contributed by atoms with Gasteiger partial charge in [0.2, 0.25) is 0 Å². The second-order valence-electron chi connectivity index (χ2n) is 6.39. The zero-order valence-corrected chi connectivity index (χ0v) is 16.2. The Hall–Kier alpha value is -2.82. The first kappa shape index (κ1) is 20.5. The minimum Gasteiger partial charge on any atom is -0.489 e. The molecule has 1 unspecified atom stereocenters. The second kappa shape index (κ2) is 9.76. The molecule has 0 fully saturated rings. The van der Waals surface area contributed by atoms with E-state index < -0.39 is 17.9 Å². The van der Waals surface area contributed by atoms with Crippen LogP contribution < -0.4 is 4.74 Å². The molecule has 0 heterocycles. The average Bonchev–Trinajstić information content (AvgIpc) is 2.70. The number of esters is 2.